The third-order valence-corrected chi connectivity index (χ3v) is 3.43. The van der Waals surface area contributed by atoms with Crippen molar-refractivity contribution in [2.45, 2.75) is 26.2 Å². The van der Waals surface area contributed by atoms with Gasteiger partial charge in [0.05, 0.1) is 5.02 Å². The molecule has 0 spiro atoms. The number of benzene rings is 1. The predicted octanol–water partition coefficient (Wildman–Crippen LogP) is 4.50. The van der Waals surface area contributed by atoms with Crippen molar-refractivity contribution in [3.8, 4) is 0 Å². The molecule has 17 heavy (non-hydrogen) atoms. The molecule has 0 saturated carbocycles. The first-order valence-electron chi connectivity index (χ1n) is 5.82. The summed E-state index contributed by atoms with van der Waals surface area (Å²) in [5, 5.41) is 0.581. The molecule has 1 nitrogen and oxygen atoms in total. The van der Waals surface area contributed by atoms with E-state index in [1.165, 1.54) is 0 Å². The van der Waals surface area contributed by atoms with Gasteiger partial charge in [-0.1, -0.05) is 42.0 Å². The molecule has 2 heteroatoms. The van der Waals surface area contributed by atoms with E-state index in [4.69, 9.17) is 11.6 Å². The lowest BCUT2D eigenvalue weighted by Gasteiger charge is -2.08. The second kappa shape index (κ2) is 5.33. The molecule has 0 heterocycles. The zero-order valence-electron chi connectivity index (χ0n) is 9.87. The van der Waals surface area contributed by atoms with E-state index in [0.717, 1.165) is 24.0 Å². The van der Waals surface area contributed by atoms with E-state index in [0.29, 0.717) is 17.0 Å². The van der Waals surface area contributed by atoms with Gasteiger partial charge in [-0.25, -0.2) is 0 Å². The maximum Gasteiger partial charge on any atom is 0.168 e. The van der Waals surface area contributed by atoms with Crippen molar-refractivity contribution in [3.05, 3.63) is 58.1 Å². The molecule has 2 rings (SSSR count). The minimum absolute atomic E-state index is 0.0940. The lowest BCUT2D eigenvalue weighted by atomic mass is 9.98. The summed E-state index contributed by atoms with van der Waals surface area (Å²) in [4.78, 5) is 12.1. The number of halogens is 1. The Labute approximate surface area is 107 Å². The molecular weight excluding hydrogens is 232 g/mol. The normalized spacial score (nSPS) is 14.6. The Morgan fingerprint density at radius 1 is 1.35 bits per heavy atom. The fraction of sp³-hybridized carbons (Fsp3) is 0.267. The molecule has 1 aliphatic rings. The molecule has 0 N–H and O–H groups in total. The fourth-order valence-corrected chi connectivity index (χ4v) is 2.17. The highest BCUT2D eigenvalue weighted by atomic mass is 35.5. The molecule has 0 saturated heterocycles. The maximum absolute atomic E-state index is 12.1. The van der Waals surface area contributed by atoms with Crippen LogP contribution in [-0.2, 0) is 0 Å². The zero-order valence-corrected chi connectivity index (χ0v) is 10.6. The van der Waals surface area contributed by atoms with Crippen molar-refractivity contribution in [1.29, 1.82) is 0 Å². The largest absolute Gasteiger partial charge is 0.294 e. The van der Waals surface area contributed by atoms with Gasteiger partial charge >= 0.3 is 0 Å². The molecule has 1 aromatic rings. The van der Waals surface area contributed by atoms with E-state index in [1.54, 1.807) is 6.07 Å². The SMILES string of the molecule is Cc1cccc(C(=O)CC2=CCCC=C2)c1Cl. The Bertz CT molecular complexity index is 498. The van der Waals surface area contributed by atoms with Crippen LogP contribution in [0.3, 0.4) is 0 Å². The number of rotatable bonds is 3. The monoisotopic (exact) mass is 246 g/mol. The number of ketones is 1. The summed E-state index contributed by atoms with van der Waals surface area (Å²) >= 11 is 6.15. The summed E-state index contributed by atoms with van der Waals surface area (Å²) in [6, 6.07) is 5.59. The molecule has 0 atom stereocenters. The number of carbonyl (C=O) groups excluding carboxylic acids is 1. The van der Waals surface area contributed by atoms with Crippen LogP contribution in [0.5, 0.6) is 0 Å². The van der Waals surface area contributed by atoms with Gasteiger partial charge in [0.25, 0.3) is 0 Å². The number of hydrogen-bond acceptors (Lipinski definition) is 1. The van der Waals surface area contributed by atoms with Crippen molar-refractivity contribution >= 4 is 17.4 Å². The van der Waals surface area contributed by atoms with Gasteiger partial charge in [-0.15, -0.1) is 0 Å². The third kappa shape index (κ3) is 2.86. The van der Waals surface area contributed by atoms with Crippen LogP contribution in [0.2, 0.25) is 5.02 Å². The summed E-state index contributed by atoms with van der Waals surface area (Å²) in [7, 11) is 0. The van der Waals surface area contributed by atoms with Gasteiger partial charge in [0.2, 0.25) is 0 Å². The minimum Gasteiger partial charge on any atom is -0.294 e. The van der Waals surface area contributed by atoms with Gasteiger partial charge in [0.1, 0.15) is 0 Å². The molecule has 0 unspecified atom stereocenters. The van der Waals surface area contributed by atoms with Gasteiger partial charge in [0, 0.05) is 12.0 Å². The minimum atomic E-state index is 0.0940. The van der Waals surface area contributed by atoms with E-state index in [1.807, 2.05) is 25.1 Å². The summed E-state index contributed by atoms with van der Waals surface area (Å²) in [6.45, 7) is 1.92. The van der Waals surface area contributed by atoms with Crippen LogP contribution in [0, 0.1) is 6.92 Å². The van der Waals surface area contributed by atoms with E-state index in [9.17, 15) is 4.79 Å². The summed E-state index contributed by atoms with van der Waals surface area (Å²) < 4.78 is 0. The van der Waals surface area contributed by atoms with Crippen LogP contribution in [0.4, 0.5) is 0 Å². The molecule has 0 amide bonds. The quantitative estimate of drug-likeness (QED) is 0.718. The Morgan fingerprint density at radius 3 is 2.88 bits per heavy atom. The first-order valence-corrected chi connectivity index (χ1v) is 6.20. The van der Waals surface area contributed by atoms with Crippen molar-refractivity contribution in [1.82, 2.24) is 0 Å². The van der Waals surface area contributed by atoms with Gasteiger partial charge in [-0.05, 0) is 37.0 Å². The van der Waals surface area contributed by atoms with Crippen LogP contribution in [0.25, 0.3) is 0 Å². The van der Waals surface area contributed by atoms with Crippen molar-refractivity contribution in [3.63, 3.8) is 0 Å². The van der Waals surface area contributed by atoms with E-state index >= 15 is 0 Å². The second-order valence-electron chi connectivity index (χ2n) is 4.30. The third-order valence-electron chi connectivity index (χ3n) is 2.93. The van der Waals surface area contributed by atoms with Gasteiger partial charge in [-0.3, -0.25) is 4.79 Å². The zero-order chi connectivity index (χ0) is 12.3. The van der Waals surface area contributed by atoms with Crippen molar-refractivity contribution in [2.75, 3.05) is 0 Å². The van der Waals surface area contributed by atoms with Crippen LogP contribution in [0.15, 0.2) is 42.0 Å². The molecule has 0 aliphatic heterocycles. The smallest absolute Gasteiger partial charge is 0.168 e. The molecule has 88 valence electrons. The molecule has 1 aromatic carbocycles. The maximum atomic E-state index is 12.1. The number of Topliss-reactive ketones (excluding diaryl/α,β-unsaturated/α-hetero) is 1. The molecule has 0 radical (unpaired) electrons. The van der Waals surface area contributed by atoms with Crippen LogP contribution < -0.4 is 0 Å². The topological polar surface area (TPSA) is 17.1 Å². The first kappa shape index (κ1) is 12.1. The average Bonchev–Trinajstić information content (AvgIpc) is 2.34. The molecule has 0 aromatic heterocycles. The lowest BCUT2D eigenvalue weighted by Crippen LogP contribution is -2.02. The highest BCUT2D eigenvalue weighted by molar-refractivity contribution is 6.34. The molecule has 0 fully saturated rings. The Morgan fingerprint density at radius 2 is 2.18 bits per heavy atom. The molecule has 0 bridgehead atoms. The van der Waals surface area contributed by atoms with Crippen LogP contribution in [-0.4, -0.2) is 5.78 Å². The Hall–Kier alpha value is -1.34. The van der Waals surface area contributed by atoms with E-state index < -0.39 is 0 Å². The summed E-state index contributed by atoms with van der Waals surface area (Å²) in [6.07, 6.45) is 8.82. The lowest BCUT2D eigenvalue weighted by molar-refractivity contribution is 0.0993. The standard InChI is InChI=1S/C15H15ClO/c1-11-6-5-9-13(15(11)16)14(17)10-12-7-3-2-4-8-12/h3,5-9H,2,4,10H2,1H3. The Balaban J connectivity index is 2.17. The number of hydrogen-bond donors (Lipinski definition) is 0. The molecule has 1 aliphatic carbocycles. The fourth-order valence-electron chi connectivity index (χ4n) is 1.94. The number of allylic oxidation sites excluding steroid dienone is 4. The van der Waals surface area contributed by atoms with Crippen LogP contribution >= 0.6 is 11.6 Å². The van der Waals surface area contributed by atoms with Gasteiger partial charge in [0.15, 0.2) is 5.78 Å². The number of aryl methyl sites for hydroxylation is 1. The van der Waals surface area contributed by atoms with Gasteiger partial charge < -0.3 is 0 Å². The van der Waals surface area contributed by atoms with Crippen molar-refractivity contribution in [2.24, 2.45) is 0 Å². The average molecular weight is 247 g/mol. The number of carbonyl (C=O) groups is 1. The Kier molecular flexibility index (Phi) is 3.80. The van der Waals surface area contributed by atoms with E-state index in [2.05, 4.69) is 12.2 Å². The highest BCUT2D eigenvalue weighted by Gasteiger charge is 2.13. The molecular formula is C15H15ClO. The van der Waals surface area contributed by atoms with Crippen LogP contribution in [0.1, 0.15) is 35.2 Å². The second-order valence-corrected chi connectivity index (χ2v) is 4.67. The highest BCUT2D eigenvalue weighted by Crippen LogP contribution is 2.24. The summed E-state index contributed by atoms with van der Waals surface area (Å²) in [5.41, 5.74) is 2.68. The predicted molar refractivity (Wildman–Crippen MR) is 71.6 cm³/mol. The van der Waals surface area contributed by atoms with Crippen molar-refractivity contribution < 1.29 is 4.79 Å². The summed E-state index contributed by atoms with van der Waals surface area (Å²) in [5.74, 6) is 0.0940. The van der Waals surface area contributed by atoms with Gasteiger partial charge in [-0.2, -0.15) is 0 Å². The first-order chi connectivity index (χ1) is 8.18. The van der Waals surface area contributed by atoms with E-state index in [-0.39, 0.29) is 5.78 Å².